The molecule has 0 spiro atoms. The third-order valence-corrected chi connectivity index (χ3v) is 3.78. The Balaban J connectivity index is 2.37. The molecule has 3 aromatic rings. The Morgan fingerprint density at radius 2 is 1.79 bits per heavy atom. The molecule has 0 radical (unpaired) electrons. The molecule has 24 heavy (non-hydrogen) atoms. The van der Waals surface area contributed by atoms with Crippen molar-refractivity contribution in [2.75, 3.05) is 0 Å². The number of halogens is 3. The smallest absolute Gasteiger partial charge is 0.417 e. The molecule has 0 amide bonds. The Morgan fingerprint density at radius 1 is 1.08 bits per heavy atom. The first-order chi connectivity index (χ1) is 11.3. The summed E-state index contributed by atoms with van der Waals surface area (Å²) in [5, 5.41) is 9.82. The molecule has 0 aliphatic heterocycles. The number of carboxylic acids is 1. The first-order valence-corrected chi connectivity index (χ1v) is 7.09. The van der Waals surface area contributed by atoms with Crippen molar-refractivity contribution in [2.45, 2.75) is 13.1 Å². The molecule has 0 unspecified atom stereocenters. The number of alkyl halides is 3. The fraction of sp³-hybridized carbons (Fsp3) is 0.111. The minimum Gasteiger partial charge on any atom is -0.478 e. The van der Waals surface area contributed by atoms with E-state index in [-0.39, 0.29) is 16.8 Å². The summed E-state index contributed by atoms with van der Waals surface area (Å²) in [5.74, 6) is -1.21. The monoisotopic (exact) mass is 331 g/mol. The summed E-state index contributed by atoms with van der Waals surface area (Å²) >= 11 is 0. The van der Waals surface area contributed by atoms with E-state index in [1.807, 2.05) is 0 Å². The Bertz CT molecular complexity index is 949. The van der Waals surface area contributed by atoms with Gasteiger partial charge in [0, 0.05) is 10.9 Å². The van der Waals surface area contributed by atoms with E-state index in [0.29, 0.717) is 16.5 Å². The van der Waals surface area contributed by atoms with Crippen LogP contribution in [0.2, 0.25) is 0 Å². The normalized spacial score (nSPS) is 11.7. The van der Waals surface area contributed by atoms with E-state index in [0.717, 1.165) is 6.07 Å². The molecule has 0 aliphatic carbocycles. The molecule has 122 valence electrons. The van der Waals surface area contributed by atoms with E-state index in [9.17, 15) is 23.1 Å². The van der Waals surface area contributed by atoms with Crippen LogP contribution in [0.25, 0.3) is 22.2 Å². The van der Waals surface area contributed by atoms with E-state index in [4.69, 9.17) is 0 Å². The van der Waals surface area contributed by atoms with Gasteiger partial charge in [-0.3, -0.25) is 0 Å². The molecule has 0 atom stereocenters. The second-order valence-electron chi connectivity index (χ2n) is 5.37. The lowest BCUT2D eigenvalue weighted by Crippen LogP contribution is -2.08. The number of fused-ring (bicyclic) bond motifs is 1. The predicted octanol–water partition coefficient (Wildman–Crippen LogP) is 4.93. The number of hydrogen-bond donors (Lipinski definition) is 1. The number of pyridine rings is 1. The van der Waals surface area contributed by atoms with Gasteiger partial charge in [-0.15, -0.1) is 0 Å². The first-order valence-electron chi connectivity index (χ1n) is 7.09. The zero-order chi connectivity index (χ0) is 17.5. The number of para-hydroxylation sites is 1. The van der Waals surface area contributed by atoms with Crippen LogP contribution < -0.4 is 0 Å². The highest BCUT2D eigenvalue weighted by Crippen LogP contribution is 2.37. The lowest BCUT2D eigenvalue weighted by Gasteiger charge is -2.14. The van der Waals surface area contributed by atoms with E-state index < -0.39 is 17.7 Å². The summed E-state index contributed by atoms with van der Waals surface area (Å²) in [6.07, 6.45) is -4.55. The van der Waals surface area contributed by atoms with Crippen LogP contribution in [0.5, 0.6) is 0 Å². The van der Waals surface area contributed by atoms with E-state index >= 15 is 0 Å². The van der Waals surface area contributed by atoms with Gasteiger partial charge >= 0.3 is 12.1 Å². The van der Waals surface area contributed by atoms with Crippen molar-refractivity contribution in [1.29, 1.82) is 0 Å². The van der Waals surface area contributed by atoms with Crippen LogP contribution in [0.1, 0.15) is 21.5 Å². The van der Waals surface area contributed by atoms with Crippen LogP contribution in [0, 0.1) is 6.92 Å². The van der Waals surface area contributed by atoms with Crippen molar-refractivity contribution in [3.8, 4) is 11.3 Å². The third kappa shape index (κ3) is 2.71. The maximum Gasteiger partial charge on any atom is 0.417 e. The molecule has 1 N–H and O–H groups in total. The number of aromatic nitrogens is 1. The van der Waals surface area contributed by atoms with Gasteiger partial charge in [0.15, 0.2) is 0 Å². The lowest BCUT2D eigenvalue weighted by molar-refractivity contribution is -0.137. The third-order valence-electron chi connectivity index (χ3n) is 3.78. The van der Waals surface area contributed by atoms with Crippen LogP contribution in [-0.4, -0.2) is 16.1 Å². The highest BCUT2D eigenvalue weighted by Gasteiger charge is 2.34. The molecule has 0 aliphatic rings. The molecule has 0 bridgehead atoms. The van der Waals surface area contributed by atoms with Gasteiger partial charge in [0.05, 0.1) is 22.3 Å². The number of benzene rings is 2. The molecular formula is C18H12F3NO2. The average Bonchev–Trinajstić information content (AvgIpc) is 2.53. The van der Waals surface area contributed by atoms with Gasteiger partial charge in [-0.1, -0.05) is 36.4 Å². The summed E-state index contributed by atoms with van der Waals surface area (Å²) in [4.78, 5) is 15.8. The van der Waals surface area contributed by atoms with Gasteiger partial charge in [0.2, 0.25) is 0 Å². The van der Waals surface area contributed by atoms with Gasteiger partial charge in [-0.25, -0.2) is 9.78 Å². The van der Waals surface area contributed by atoms with Crippen LogP contribution in [0.15, 0.2) is 48.5 Å². The van der Waals surface area contributed by atoms with Gasteiger partial charge < -0.3 is 5.11 Å². The number of aromatic carboxylic acids is 1. The second kappa shape index (κ2) is 5.63. The van der Waals surface area contributed by atoms with Crippen molar-refractivity contribution in [3.63, 3.8) is 0 Å². The van der Waals surface area contributed by atoms with Crippen LogP contribution in [-0.2, 0) is 6.18 Å². The van der Waals surface area contributed by atoms with E-state index in [2.05, 4.69) is 4.98 Å². The zero-order valence-corrected chi connectivity index (χ0v) is 12.6. The molecule has 1 aromatic heterocycles. The van der Waals surface area contributed by atoms with Crippen molar-refractivity contribution in [3.05, 3.63) is 65.2 Å². The molecule has 6 heteroatoms. The molecular weight excluding hydrogens is 319 g/mol. The number of carbonyl (C=O) groups is 1. The molecule has 0 saturated heterocycles. The Morgan fingerprint density at radius 3 is 2.46 bits per heavy atom. The van der Waals surface area contributed by atoms with Crippen molar-refractivity contribution < 1.29 is 23.1 Å². The molecule has 0 saturated carbocycles. The molecule has 0 fully saturated rings. The van der Waals surface area contributed by atoms with E-state index in [1.54, 1.807) is 25.1 Å². The average molecular weight is 331 g/mol. The van der Waals surface area contributed by atoms with Gasteiger partial charge in [-0.2, -0.15) is 13.2 Å². The standard InChI is InChI=1S/C18H12F3NO2/c1-10-5-4-7-11-13(17(23)24)9-15(22-16(10)11)12-6-2-3-8-14(12)18(19,20)21/h2-9H,1H3,(H,23,24). The van der Waals surface area contributed by atoms with Crippen LogP contribution >= 0.6 is 0 Å². The zero-order valence-electron chi connectivity index (χ0n) is 12.6. The Kier molecular flexibility index (Phi) is 3.75. The SMILES string of the molecule is Cc1cccc2c(C(=O)O)cc(-c3ccccc3C(F)(F)F)nc12. The Hall–Kier alpha value is -2.89. The number of hydrogen-bond acceptors (Lipinski definition) is 2. The molecule has 2 aromatic carbocycles. The van der Waals surface area contributed by atoms with E-state index in [1.165, 1.54) is 24.3 Å². The fourth-order valence-corrected chi connectivity index (χ4v) is 2.66. The van der Waals surface area contributed by atoms with Crippen molar-refractivity contribution in [1.82, 2.24) is 4.98 Å². The predicted molar refractivity (Wildman–Crippen MR) is 83.9 cm³/mol. The van der Waals surface area contributed by atoms with Gasteiger partial charge in [0.25, 0.3) is 0 Å². The lowest BCUT2D eigenvalue weighted by atomic mass is 9.99. The summed E-state index contributed by atoms with van der Waals surface area (Å²) in [6.45, 7) is 1.74. The van der Waals surface area contributed by atoms with Crippen molar-refractivity contribution >= 4 is 16.9 Å². The summed E-state index contributed by atoms with van der Waals surface area (Å²) < 4.78 is 39.7. The molecule has 3 rings (SSSR count). The number of rotatable bonds is 2. The topological polar surface area (TPSA) is 50.2 Å². The maximum atomic E-state index is 13.2. The number of aryl methyl sites for hydroxylation is 1. The largest absolute Gasteiger partial charge is 0.478 e. The summed E-state index contributed by atoms with van der Waals surface area (Å²) in [5.41, 5.74) is 0.00273. The minimum absolute atomic E-state index is 0.0119. The van der Waals surface area contributed by atoms with Gasteiger partial charge in [0.1, 0.15) is 0 Å². The molecule has 3 nitrogen and oxygen atoms in total. The highest BCUT2D eigenvalue weighted by atomic mass is 19.4. The summed E-state index contributed by atoms with van der Waals surface area (Å²) in [7, 11) is 0. The highest BCUT2D eigenvalue weighted by molar-refractivity contribution is 6.04. The van der Waals surface area contributed by atoms with Crippen LogP contribution in [0.3, 0.4) is 0 Å². The molecule has 1 heterocycles. The van der Waals surface area contributed by atoms with Crippen molar-refractivity contribution in [2.24, 2.45) is 0 Å². The first kappa shape index (κ1) is 16.0. The number of carboxylic acid groups (broad SMARTS) is 1. The minimum atomic E-state index is -4.55. The maximum absolute atomic E-state index is 13.2. The van der Waals surface area contributed by atoms with Crippen LogP contribution in [0.4, 0.5) is 13.2 Å². The fourth-order valence-electron chi connectivity index (χ4n) is 2.66. The second-order valence-corrected chi connectivity index (χ2v) is 5.37. The Labute approximate surface area is 135 Å². The quantitative estimate of drug-likeness (QED) is 0.724. The summed E-state index contributed by atoms with van der Waals surface area (Å²) in [6, 6.07) is 11.2. The van der Waals surface area contributed by atoms with Gasteiger partial charge in [-0.05, 0) is 24.6 Å². The number of nitrogens with zero attached hydrogens (tertiary/aromatic N) is 1.